The van der Waals surface area contributed by atoms with E-state index in [1.165, 1.54) is 154 Å². The molecule has 0 spiro atoms. The lowest BCUT2D eigenvalue weighted by Crippen LogP contribution is -2.45. The minimum atomic E-state index is -4.35. The third kappa shape index (κ3) is 44.6. The molecule has 0 fully saturated rings. The molecule has 9 heteroatoms. The molecular weight excluding hydrogens is 756 g/mol. The average Bonchev–Trinajstić information content (AvgIpc) is 3.19. The number of hydrogen-bond donors (Lipinski definition) is 3. The van der Waals surface area contributed by atoms with Crippen molar-refractivity contribution < 1.29 is 32.9 Å². The number of phosphoric acid groups is 1. The van der Waals surface area contributed by atoms with Crippen molar-refractivity contribution in [1.82, 2.24) is 5.32 Å². The molecule has 8 nitrogen and oxygen atoms in total. The van der Waals surface area contributed by atoms with Gasteiger partial charge in [-0.3, -0.25) is 13.8 Å². The number of nitrogens with one attached hydrogen (secondary N) is 1. The number of likely N-dealkylation sites (N-methyl/N-ethyl adjacent to an activating group) is 1. The molecule has 0 aliphatic carbocycles. The first-order valence-corrected chi connectivity index (χ1v) is 26.4. The molecule has 0 aromatic heterocycles. The summed E-state index contributed by atoms with van der Waals surface area (Å²) in [6, 6.07) is -0.866. The summed E-state index contributed by atoms with van der Waals surface area (Å²) in [6.07, 6.45) is 52.2. The van der Waals surface area contributed by atoms with Gasteiger partial charge in [0.05, 0.1) is 39.9 Å². The van der Waals surface area contributed by atoms with E-state index in [9.17, 15) is 19.4 Å². The highest BCUT2D eigenvalue weighted by atomic mass is 31.2. The van der Waals surface area contributed by atoms with E-state index in [1.54, 1.807) is 6.08 Å². The van der Waals surface area contributed by atoms with E-state index in [2.05, 4.69) is 43.5 Å². The number of allylic oxidation sites excluding steroid dienone is 5. The van der Waals surface area contributed by atoms with Crippen LogP contribution in [0.4, 0.5) is 0 Å². The molecule has 0 rings (SSSR count). The molecule has 348 valence electrons. The fourth-order valence-corrected chi connectivity index (χ4v) is 7.85. The van der Waals surface area contributed by atoms with Crippen molar-refractivity contribution >= 4 is 13.7 Å². The van der Waals surface area contributed by atoms with Crippen LogP contribution in [0.1, 0.15) is 226 Å². The topological polar surface area (TPSA) is 105 Å². The Hall–Kier alpha value is -1.28. The summed E-state index contributed by atoms with van der Waals surface area (Å²) >= 11 is 0. The van der Waals surface area contributed by atoms with Gasteiger partial charge in [-0.2, -0.15) is 0 Å². The van der Waals surface area contributed by atoms with Gasteiger partial charge >= 0.3 is 7.82 Å². The number of nitrogens with zero attached hydrogens (tertiary/aromatic N) is 1. The maximum absolute atomic E-state index is 12.9. The number of carbonyl (C=O) groups excluding carboxylic acids is 1. The monoisotopic (exact) mass is 854 g/mol. The molecule has 3 unspecified atom stereocenters. The molecule has 0 aromatic carbocycles. The Labute approximate surface area is 366 Å². The first-order chi connectivity index (χ1) is 28.5. The Morgan fingerprint density at radius 2 is 0.932 bits per heavy atom. The van der Waals surface area contributed by atoms with Gasteiger partial charge in [0, 0.05) is 6.42 Å². The maximum atomic E-state index is 12.9. The molecule has 0 aliphatic rings. The average molecular weight is 854 g/mol. The predicted octanol–water partition coefficient (Wildman–Crippen LogP) is 14.3. The smallest absolute Gasteiger partial charge is 0.387 e. The molecule has 0 heterocycles. The van der Waals surface area contributed by atoms with Crippen molar-refractivity contribution in [3.8, 4) is 0 Å². The molecule has 3 atom stereocenters. The first-order valence-electron chi connectivity index (χ1n) is 24.9. The van der Waals surface area contributed by atoms with Crippen LogP contribution >= 0.6 is 7.82 Å². The normalized spacial score (nSPS) is 14.5. The summed E-state index contributed by atoms with van der Waals surface area (Å²) in [4.78, 5) is 23.2. The third-order valence-electron chi connectivity index (χ3n) is 11.1. The molecular formula is C50H98N2O6P+. The van der Waals surface area contributed by atoms with Crippen molar-refractivity contribution in [2.75, 3.05) is 40.9 Å². The van der Waals surface area contributed by atoms with Gasteiger partial charge in [-0.15, -0.1) is 0 Å². The molecule has 3 N–H and O–H groups in total. The number of hydrogen-bond acceptors (Lipinski definition) is 5. The van der Waals surface area contributed by atoms with Gasteiger partial charge < -0.3 is 19.8 Å². The van der Waals surface area contributed by atoms with Crippen LogP contribution in [0, 0.1) is 0 Å². The molecule has 0 radical (unpaired) electrons. The second-order valence-electron chi connectivity index (χ2n) is 18.2. The Kier molecular flexibility index (Phi) is 41.1. The van der Waals surface area contributed by atoms with Crippen LogP contribution in [-0.2, 0) is 18.4 Å². The fraction of sp³-hybridized carbons (Fsp3) is 0.860. The van der Waals surface area contributed by atoms with Crippen molar-refractivity contribution in [2.45, 2.75) is 238 Å². The number of carbonyl (C=O) groups is 1. The summed E-state index contributed by atoms with van der Waals surface area (Å²) in [6.45, 7) is 4.80. The Morgan fingerprint density at radius 3 is 1.36 bits per heavy atom. The van der Waals surface area contributed by atoms with Crippen LogP contribution in [0.5, 0.6) is 0 Å². The van der Waals surface area contributed by atoms with Crippen molar-refractivity contribution in [1.29, 1.82) is 0 Å². The summed E-state index contributed by atoms with van der Waals surface area (Å²) in [5.41, 5.74) is 0. The lowest BCUT2D eigenvalue weighted by Gasteiger charge is -2.25. The second-order valence-corrected chi connectivity index (χ2v) is 19.6. The zero-order chi connectivity index (χ0) is 43.6. The summed E-state index contributed by atoms with van der Waals surface area (Å²) in [5.74, 6) is -0.194. The van der Waals surface area contributed by atoms with Crippen molar-refractivity contribution in [3.05, 3.63) is 36.5 Å². The van der Waals surface area contributed by atoms with Gasteiger partial charge in [-0.1, -0.05) is 198 Å². The Bertz CT molecular complexity index is 1060. The zero-order valence-electron chi connectivity index (χ0n) is 39.5. The largest absolute Gasteiger partial charge is 0.472 e. The second kappa shape index (κ2) is 42.0. The molecule has 0 aromatic rings. The highest BCUT2D eigenvalue weighted by Crippen LogP contribution is 2.43. The number of aliphatic hydroxyl groups excluding tert-OH is 1. The maximum Gasteiger partial charge on any atom is 0.472 e. The van der Waals surface area contributed by atoms with Crippen LogP contribution < -0.4 is 5.32 Å². The Balaban J connectivity index is 4.40. The number of rotatable bonds is 45. The van der Waals surface area contributed by atoms with Gasteiger partial charge in [0.2, 0.25) is 5.91 Å². The fourth-order valence-electron chi connectivity index (χ4n) is 7.11. The number of phosphoric ester groups is 1. The third-order valence-corrected chi connectivity index (χ3v) is 12.1. The van der Waals surface area contributed by atoms with Crippen LogP contribution in [0.25, 0.3) is 0 Å². The molecule has 0 saturated carbocycles. The van der Waals surface area contributed by atoms with Gasteiger partial charge in [-0.05, 0) is 57.8 Å². The lowest BCUT2D eigenvalue weighted by atomic mass is 10.0. The molecule has 0 aliphatic heterocycles. The van der Waals surface area contributed by atoms with E-state index in [4.69, 9.17) is 9.05 Å². The Morgan fingerprint density at radius 1 is 0.559 bits per heavy atom. The van der Waals surface area contributed by atoms with Crippen molar-refractivity contribution in [2.24, 2.45) is 0 Å². The highest BCUT2D eigenvalue weighted by Gasteiger charge is 2.27. The van der Waals surface area contributed by atoms with E-state index in [0.717, 1.165) is 51.4 Å². The van der Waals surface area contributed by atoms with Gasteiger partial charge in [0.1, 0.15) is 13.2 Å². The van der Waals surface area contributed by atoms with E-state index in [0.29, 0.717) is 17.4 Å². The van der Waals surface area contributed by atoms with Crippen molar-refractivity contribution in [3.63, 3.8) is 0 Å². The number of quaternary nitrogens is 1. The molecule has 0 bridgehead atoms. The standard InChI is InChI=1S/C50H97N2O6P/c1-6-8-10-12-14-16-18-20-22-24-26-27-29-31-33-35-37-39-41-43-49(53)48(47-58-59(55,56)57-46-45-52(3,4)5)51-50(54)44-42-40-38-36-34-32-30-28-25-23-21-19-17-15-13-11-9-7-2/h28,30,33,35,41,43,48-49,53H,6-27,29,31-32,34,36-40,42,44-47H2,1-5H3,(H-,51,54,55,56)/p+1/b30-28-,35-33+,43-41+. The van der Waals surface area contributed by atoms with Gasteiger partial charge in [0.15, 0.2) is 0 Å². The summed E-state index contributed by atoms with van der Waals surface area (Å²) in [7, 11) is 1.55. The quantitative estimate of drug-likeness (QED) is 0.0244. The van der Waals surface area contributed by atoms with E-state index in [1.807, 2.05) is 27.2 Å². The number of amides is 1. The van der Waals surface area contributed by atoms with Crippen LogP contribution in [-0.4, -0.2) is 73.4 Å². The van der Waals surface area contributed by atoms with Gasteiger partial charge in [0.25, 0.3) is 0 Å². The van der Waals surface area contributed by atoms with E-state index in [-0.39, 0.29) is 19.1 Å². The lowest BCUT2D eigenvalue weighted by molar-refractivity contribution is -0.870. The minimum absolute atomic E-state index is 0.0548. The number of unbranched alkanes of at least 4 members (excludes halogenated alkanes) is 28. The molecule has 0 saturated heterocycles. The zero-order valence-corrected chi connectivity index (χ0v) is 40.4. The van der Waals surface area contributed by atoms with Crippen LogP contribution in [0.3, 0.4) is 0 Å². The first kappa shape index (κ1) is 57.7. The van der Waals surface area contributed by atoms with Gasteiger partial charge in [-0.25, -0.2) is 4.57 Å². The predicted molar refractivity (Wildman–Crippen MR) is 254 cm³/mol. The summed E-state index contributed by atoms with van der Waals surface area (Å²) < 4.78 is 23.6. The molecule has 1 amide bonds. The number of aliphatic hydroxyl groups is 1. The molecule has 59 heavy (non-hydrogen) atoms. The summed E-state index contributed by atoms with van der Waals surface area (Å²) in [5, 5.41) is 13.8. The SMILES string of the molecule is CCCCCCCCCCC/C=C\CCCCCCCC(=O)NC(COP(=O)(O)OCC[N+](C)(C)C)C(O)/C=C/CC/C=C/CCCCCCCCCCCCCCC. The highest BCUT2D eigenvalue weighted by molar-refractivity contribution is 7.47. The van der Waals surface area contributed by atoms with Crippen LogP contribution in [0.2, 0.25) is 0 Å². The van der Waals surface area contributed by atoms with E-state index >= 15 is 0 Å². The van der Waals surface area contributed by atoms with E-state index < -0.39 is 20.0 Å². The van der Waals surface area contributed by atoms with Crippen LogP contribution in [0.15, 0.2) is 36.5 Å². The minimum Gasteiger partial charge on any atom is -0.387 e.